The van der Waals surface area contributed by atoms with Gasteiger partial charge in [0.2, 0.25) is 0 Å². The van der Waals surface area contributed by atoms with Gasteiger partial charge in [0, 0.05) is 17.1 Å². The number of carbonyl (C=O) groups is 2. The molecule has 2 rings (SSSR count). The first-order chi connectivity index (χ1) is 11.0. The second-order valence-corrected chi connectivity index (χ2v) is 6.42. The van der Waals surface area contributed by atoms with Gasteiger partial charge < -0.3 is 15.4 Å². The quantitative estimate of drug-likeness (QED) is 0.779. The highest BCUT2D eigenvalue weighted by atomic mass is 79.9. The zero-order valence-electron chi connectivity index (χ0n) is 12.9. The summed E-state index contributed by atoms with van der Waals surface area (Å²) in [4.78, 5) is 23.5. The van der Waals surface area contributed by atoms with Crippen molar-refractivity contribution in [3.63, 3.8) is 0 Å². The predicted molar refractivity (Wildman–Crippen MR) is 87.8 cm³/mol. The van der Waals surface area contributed by atoms with E-state index in [9.17, 15) is 14.0 Å². The van der Waals surface area contributed by atoms with Crippen LogP contribution in [-0.4, -0.2) is 30.7 Å². The van der Waals surface area contributed by atoms with Crippen LogP contribution in [0.1, 0.15) is 43.0 Å². The van der Waals surface area contributed by atoms with Crippen LogP contribution < -0.4 is 10.6 Å². The Bertz CT molecular complexity index is 574. The number of rotatable bonds is 4. The van der Waals surface area contributed by atoms with Gasteiger partial charge in [0.15, 0.2) is 0 Å². The van der Waals surface area contributed by atoms with Crippen molar-refractivity contribution >= 4 is 27.9 Å². The van der Waals surface area contributed by atoms with Crippen LogP contribution in [0.2, 0.25) is 0 Å². The summed E-state index contributed by atoms with van der Waals surface area (Å²) in [5.41, 5.74) is -0.0595. The van der Waals surface area contributed by atoms with E-state index < -0.39 is 11.8 Å². The van der Waals surface area contributed by atoms with Crippen molar-refractivity contribution in [2.24, 2.45) is 0 Å². The van der Waals surface area contributed by atoms with E-state index >= 15 is 0 Å². The topological polar surface area (TPSA) is 67.4 Å². The van der Waals surface area contributed by atoms with Gasteiger partial charge in [-0.3, -0.25) is 0 Å². The van der Waals surface area contributed by atoms with Crippen molar-refractivity contribution in [1.82, 2.24) is 10.6 Å². The number of urea groups is 1. The lowest BCUT2D eigenvalue weighted by Gasteiger charge is -2.28. The van der Waals surface area contributed by atoms with Gasteiger partial charge in [0.05, 0.1) is 5.56 Å². The molecule has 5 nitrogen and oxygen atoms in total. The molecule has 1 saturated carbocycles. The lowest BCUT2D eigenvalue weighted by atomic mass is 9.93. The number of esters is 1. The fourth-order valence-electron chi connectivity index (χ4n) is 2.59. The van der Waals surface area contributed by atoms with Crippen LogP contribution in [-0.2, 0) is 4.74 Å². The number of benzene rings is 1. The average Bonchev–Trinajstić information content (AvgIpc) is 2.49. The van der Waals surface area contributed by atoms with Crippen molar-refractivity contribution in [2.45, 2.75) is 44.8 Å². The third-order valence-corrected chi connectivity index (χ3v) is 4.26. The van der Waals surface area contributed by atoms with E-state index in [4.69, 9.17) is 4.74 Å². The predicted octanol–water partition coefficient (Wildman–Crippen LogP) is 3.38. The number of amides is 2. The van der Waals surface area contributed by atoms with Crippen LogP contribution in [0.5, 0.6) is 0 Å². The van der Waals surface area contributed by atoms with Crippen LogP contribution in [0.4, 0.5) is 9.18 Å². The van der Waals surface area contributed by atoms with Crippen molar-refractivity contribution < 1.29 is 18.7 Å². The summed E-state index contributed by atoms with van der Waals surface area (Å²) < 4.78 is 19.7. The maximum absolute atomic E-state index is 13.7. The van der Waals surface area contributed by atoms with Gasteiger partial charge in [0.1, 0.15) is 11.9 Å². The maximum atomic E-state index is 13.7. The molecule has 1 aromatic rings. The van der Waals surface area contributed by atoms with Gasteiger partial charge in [-0.25, -0.2) is 14.0 Å². The third-order valence-electron chi connectivity index (χ3n) is 3.77. The Morgan fingerprint density at radius 2 is 2.00 bits per heavy atom. The fraction of sp³-hybridized carbons (Fsp3) is 0.500. The molecule has 0 aromatic heterocycles. The van der Waals surface area contributed by atoms with E-state index in [2.05, 4.69) is 26.6 Å². The van der Waals surface area contributed by atoms with E-state index in [-0.39, 0.29) is 23.7 Å². The second kappa shape index (κ2) is 8.29. The van der Waals surface area contributed by atoms with Crippen molar-refractivity contribution in [3.05, 3.63) is 34.1 Å². The first-order valence-corrected chi connectivity index (χ1v) is 8.49. The molecule has 2 N–H and O–H groups in total. The van der Waals surface area contributed by atoms with E-state index in [1.807, 2.05) is 6.92 Å². The first kappa shape index (κ1) is 17.7. The molecule has 0 aliphatic heterocycles. The molecule has 2 amide bonds. The number of nitrogens with one attached hydrogen (secondary N) is 2. The third kappa shape index (κ3) is 5.20. The average molecular weight is 387 g/mol. The van der Waals surface area contributed by atoms with E-state index in [1.54, 1.807) is 6.07 Å². The normalized spacial score (nSPS) is 20.7. The lowest BCUT2D eigenvalue weighted by Crippen LogP contribution is -2.44. The largest absolute Gasteiger partial charge is 0.459 e. The Hall–Kier alpha value is -1.63. The Kier molecular flexibility index (Phi) is 6.38. The molecule has 1 aliphatic rings. The molecule has 1 aliphatic carbocycles. The summed E-state index contributed by atoms with van der Waals surface area (Å²) in [6, 6.07) is 4.16. The molecule has 1 aromatic carbocycles. The molecule has 0 spiro atoms. The molecule has 0 unspecified atom stereocenters. The van der Waals surface area contributed by atoms with Gasteiger partial charge in [-0.1, -0.05) is 15.9 Å². The van der Waals surface area contributed by atoms with Crippen molar-refractivity contribution in [3.8, 4) is 0 Å². The monoisotopic (exact) mass is 386 g/mol. The number of halogens is 2. The highest BCUT2D eigenvalue weighted by molar-refractivity contribution is 9.10. The Morgan fingerprint density at radius 3 is 2.61 bits per heavy atom. The van der Waals surface area contributed by atoms with Crippen LogP contribution in [0.25, 0.3) is 0 Å². The molecule has 7 heteroatoms. The summed E-state index contributed by atoms with van der Waals surface area (Å²) in [5.74, 6) is -1.24. The van der Waals surface area contributed by atoms with Crippen molar-refractivity contribution in [1.29, 1.82) is 0 Å². The standard InChI is InChI=1S/C16H20BrFN2O3/c1-2-19-16(22)20-11-4-6-12(7-5-11)23-15(21)13-8-3-10(17)9-14(13)18/h3,8-9,11-12H,2,4-7H2,1H3,(H2,19,20,22). The van der Waals surface area contributed by atoms with Crippen molar-refractivity contribution in [2.75, 3.05) is 6.54 Å². The van der Waals surface area contributed by atoms with Gasteiger partial charge in [-0.05, 0) is 50.8 Å². The summed E-state index contributed by atoms with van der Waals surface area (Å²) >= 11 is 3.15. The van der Waals surface area contributed by atoms with E-state index in [0.29, 0.717) is 23.9 Å². The Balaban J connectivity index is 1.82. The van der Waals surface area contributed by atoms with Gasteiger partial charge in [0.25, 0.3) is 0 Å². The Labute approximate surface area is 143 Å². The minimum absolute atomic E-state index is 0.0595. The fourth-order valence-corrected chi connectivity index (χ4v) is 2.93. The SMILES string of the molecule is CCNC(=O)NC1CCC(OC(=O)c2ccc(Br)cc2F)CC1. The highest BCUT2D eigenvalue weighted by Gasteiger charge is 2.26. The molecule has 0 bridgehead atoms. The lowest BCUT2D eigenvalue weighted by molar-refractivity contribution is 0.0183. The maximum Gasteiger partial charge on any atom is 0.341 e. The molecular formula is C16H20BrFN2O3. The zero-order chi connectivity index (χ0) is 16.8. The van der Waals surface area contributed by atoms with Crippen LogP contribution >= 0.6 is 15.9 Å². The van der Waals surface area contributed by atoms with Gasteiger partial charge in [-0.2, -0.15) is 0 Å². The second-order valence-electron chi connectivity index (χ2n) is 5.51. The van der Waals surface area contributed by atoms with E-state index in [1.165, 1.54) is 12.1 Å². The summed E-state index contributed by atoms with van der Waals surface area (Å²) in [7, 11) is 0. The highest BCUT2D eigenvalue weighted by Crippen LogP contribution is 2.23. The summed E-state index contributed by atoms with van der Waals surface area (Å²) in [6.07, 6.45) is 2.54. The molecule has 1 fully saturated rings. The molecule has 0 saturated heterocycles. The molecule has 23 heavy (non-hydrogen) atoms. The zero-order valence-corrected chi connectivity index (χ0v) is 14.5. The number of hydrogen-bond donors (Lipinski definition) is 2. The number of carbonyl (C=O) groups excluding carboxylic acids is 2. The molecule has 0 heterocycles. The summed E-state index contributed by atoms with van der Waals surface area (Å²) in [6.45, 7) is 2.44. The minimum Gasteiger partial charge on any atom is -0.459 e. The smallest absolute Gasteiger partial charge is 0.341 e. The van der Waals surface area contributed by atoms with E-state index in [0.717, 1.165) is 12.8 Å². The summed E-state index contributed by atoms with van der Waals surface area (Å²) in [5, 5.41) is 5.57. The Morgan fingerprint density at radius 1 is 1.30 bits per heavy atom. The molecular weight excluding hydrogens is 367 g/mol. The molecule has 0 radical (unpaired) electrons. The van der Waals surface area contributed by atoms with Crippen LogP contribution in [0.3, 0.4) is 0 Å². The van der Waals surface area contributed by atoms with Crippen LogP contribution in [0.15, 0.2) is 22.7 Å². The van der Waals surface area contributed by atoms with Gasteiger partial charge >= 0.3 is 12.0 Å². The number of ether oxygens (including phenoxy) is 1. The van der Waals surface area contributed by atoms with Crippen LogP contribution in [0, 0.1) is 5.82 Å². The first-order valence-electron chi connectivity index (χ1n) is 7.70. The number of hydrogen-bond acceptors (Lipinski definition) is 3. The molecule has 126 valence electrons. The molecule has 0 atom stereocenters. The van der Waals surface area contributed by atoms with Gasteiger partial charge in [-0.15, -0.1) is 0 Å². The minimum atomic E-state index is -0.643.